The van der Waals surface area contributed by atoms with Gasteiger partial charge in [0.05, 0.1) is 13.2 Å². The van der Waals surface area contributed by atoms with Crippen molar-refractivity contribution in [3.63, 3.8) is 0 Å². The van der Waals surface area contributed by atoms with E-state index in [1.54, 1.807) is 0 Å². The van der Waals surface area contributed by atoms with Crippen molar-refractivity contribution in [2.45, 2.75) is 45.1 Å². The first-order chi connectivity index (χ1) is 11.8. The van der Waals surface area contributed by atoms with Gasteiger partial charge in [-0.25, -0.2) is 0 Å². The maximum Gasteiger partial charge on any atom is 0.191 e. The Morgan fingerprint density at radius 2 is 1.96 bits per heavy atom. The van der Waals surface area contributed by atoms with Gasteiger partial charge in [-0.1, -0.05) is 12.8 Å². The number of hydrogen-bond acceptors (Lipinski definition) is 4. The molecule has 0 aromatic heterocycles. The molecule has 1 saturated heterocycles. The van der Waals surface area contributed by atoms with Crippen LogP contribution in [-0.2, 0) is 4.74 Å². The lowest BCUT2D eigenvalue weighted by atomic mass is 10.2. The SMILES string of the molecule is CCNC(=NCCCN1CCOCC1)NCCN(C)C1CCCC1. The maximum atomic E-state index is 5.38. The van der Waals surface area contributed by atoms with Crippen LogP contribution in [0.3, 0.4) is 0 Å². The fourth-order valence-corrected chi connectivity index (χ4v) is 3.53. The third kappa shape index (κ3) is 7.36. The third-order valence-electron chi connectivity index (χ3n) is 5.06. The standard InChI is InChI=1S/C18H37N5O/c1-3-19-18(20-9-6-11-23-13-15-24-16-14-23)21-10-12-22(2)17-7-4-5-8-17/h17H,3-16H2,1-2H3,(H2,19,20,21). The van der Waals surface area contributed by atoms with Gasteiger partial charge in [0, 0.05) is 51.9 Å². The van der Waals surface area contributed by atoms with E-state index in [0.29, 0.717) is 0 Å². The molecular weight excluding hydrogens is 302 g/mol. The second-order valence-electron chi connectivity index (χ2n) is 6.91. The predicted molar refractivity (Wildman–Crippen MR) is 101 cm³/mol. The minimum Gasteiger partial charge on any atom is -0.379 e. The Labute approximate surface area is 148 Å². The smallest absolute Gasteiger partial charge is 0.191 e. The molecule has 2 aliphatic rings. The van der Waals surface area contributed by atoms with Crippen molar-refractivity contribution in [3.05, 3.63) is 0 Å². The van der Waals surface area contributed by atoms with E-state index < -0.39 is 0 Å². The molecule has 1 aliphatic heterocycles. The van der Waals surface area contributed by atoms with Gasteiger partial charge >= 0.3 is 0 Å². The van der Waals surface area contributed by atoms with E-state index in [-0.39, 0.29) is 0 Å². The summed E-state index contributed by atoms with van der Waals surface area (Å²) in [5, 5.41) is 6.83. The summed E-state index contributed by atoms with van der Waals surface area (Å²) in [6.07, 6.45) is 6.64. The predicted octanol–water partition coefficient (Wildman–Crippen LogP) is 1.14. The number of ether oxygens (including phenoxy) is 1. The summed E-state index contributed by atoms with van der Waals surface area (Å²) in [6.45, 7) is 11.0. The van der Waals surface area contributed by atoms with Crippen molar-refractivity contribution in [2.75, 3.05) is 66.1 Å². The zero-order valence-electron chi connectivity index (χ0n) is 15.7. The molecule has 0 amide bonds. The van der Waals surface area contributed by atoms with Crippen LogP contribution >= 0.6 is 0 Å². The molecule has 1 saturated carbocycles. The highest BCUT2D eigenvalue weighted by Crippen LogP contribution is 2.21. The van der Waals surface area contributed by atoms with Crippen molar-refractivity contribution in [1.29, 1.82) is 0 Å². The number of likely N-dealkylation sites (N-methyl/N-ethyl adjacent to an activating group) is 1. The summed E-state index contributed by atoms with van der Waals surface area (Å²) in [5.41, 5.74) is 0. The van der Waals surface area contributed by atoms with Crippen LogP contribution in [0.4, 0.5) is 0 Å². The molecule has 2 N–H and O–H groups in total. The Morgan fingerprint density at radius 1 is 1.21 bits per heavy atom. The first-order valence-corrected chi connectivity index (χ1v) is 9.82. The lowest BCUT2D eigenvalue weighted by Crippen LogP contribution is -2.42. The summed E-state index contributed by atoms with van der Waals surface area (Å²) in [5.74, 6) is 0.958. The Hall–Kier alpha value is -0.850. The summed E-state index contributed by atoms with van der Waals surface area (Å²) in [4.78, 5) is 9.68. The largest absolute Gasteiger partial charge is 0.379 e. The molecular formula is C18H37N5O. The van der Waals surface area contributed by atoms with Crippen LogP contribution in [0.15, 0.2) is 4.99 Å². The van der Waals surface area contributed by atoms with Gasteiger partial charge in [0.25, 0.3) is 0 Å². The fourth-order valence-electron chi connectivity index (χ4n) is 3.53. The number of nitrogens with one attached hydrogen (secondary N) is 2. The number of morpholine rings is 1. The molecule has 6 heteroatoms. The van der Waals surface area contributed by atoms with Crippen molar-refractivity contribution >= 4 is 5.96 Å². The molecule has 6 nitrogen and oxygen atoms in total. The molecule has 2 fully saturated rings. The Balaban J connectivity index is 1.60. The molecule has 0 aromatic carbocycles. The van der Waals surface area contributed by atoms with E-state index in [0.717, 1.165) is 77.4 Å². The zero-order valence-corrected chi connectivity index (χ0v) is 15.7. The average Bonchev–Trinajstić information content (AvgIpc) is 3.14. The highest BCUT2D eigenvalue weighted by atomic mass is 16.5. The molecule has 2 rings (SSSR count). The summed E-state index contributed by atoms with van der Waals surface area (Å²) in [7, 11) is 2.25. The first-order valence-electron chi connectivity index (χ1n) is 9.82. The van der Waals surface area contributed by atoms with Crippen molar-refractivity contribution in [1.82, 2.24) is 20.4 Å². The molecule has 0 atom stereocenters. The number of aliphatic imine (C=N–C) groups is 1. The van der Waals surface area contributed by atoms with Gasteiger partial charge in [-0.2, -0.15) is 0 Å². The van der Waals surface area contributed by atoms with Crippen molar-refractivity contribution < 1.29 is 4.74 Å². The molecule has 0 aromatic rings. The topological polar surface area (TPSA) is 52.1 Å². The monoisotopic (exact) mass is 339 g/mol. The van der Waals surface area contributed by atoms with E-state index in [1.165, 1.54) is 25.7 Å². The second-order valence-corrected chi connectivity index (χ2v) is 6.91. The van der Waals surface area contributed by atoms with Crippen LogP contribution in [0.1, 0.15) is 39.0 Å². The summed E-state index contributed by atoms with van der Waals surface area (Å²) < 4.78 is 5.38. The Bertz CT molecular complexity index is 351. The van der Waals surface area contributed by atoms with Crippen LogP contribution in [0.25, 0.3) is 0 Å². The molecule has 0 radical (unpaired) electrons. The molecule has 1 aliphatic carbocycles. The van der Waals surface area contributed by atoms with Gasteiger partial charge in [0.2, 0.25) is 0 Å². The Morgan fingerprint density at radius 3 is 2.67 bits per heavy atom. The number of rotatable bonds is 9. The van der Waals surface area contributed by atoms with Gasteiger partial charge in [-0.05, 0) is 33.2 Å². The zero-order chi connectivity index (χ0) is 17.0. The van der Waals surface area contributed by atoms with Gasteiger partial charge in [-0.15, -0.1) is 0 Å². The van der Waals surface area contributed by atoms with E-state index in [1.807, 2.05) is 0 Å². The molecule has 24 heavy (non-hydrogen) atoms. The number of hydrogen-bond donors (Lipinski definition) is 2. The van der Waals surface area contributed by atoms with Crippen molar-refractivity contribution in [2.24, 2.45) is 4.99 Å². The van der Waals surface area contributed by atoms with Crippen LogP contribution < -0.4 is 10.6 Å². The highest BCUT2D eigenvalue weighted by Gasteiger charge is 2.18. The summed E-state index contributed by atoms with van der Waals surface area (Å²) in [6, 6.07) is 0.792. The van der Waals surface area contributed by atoms with E-state index in [4.69, 9.17) is 9.73 Å². The molecule has 0 spiro atoms. The minimum absolute atomic E-state index is 0.792. The lowest BCUT2D eigenvalue weighted by Gasteiger charge is -2.26. The average molecular weight is 340 g/mol. The fraction of sp³-hybridized carbons (Fsp3) is 0.944. The van der Waals surface area contributed by atoms with Gasteiger partial charge in [-0.3, -0.25) is 9.89 Å². The van der Waals surface area contributed by atoms with Crippen molar-refractivity contribution in [3.8, 4) is 0 Å². The minimum atomic E-state index is 0.792. The van der Waals surface area contributed by atoms with E-state index in [2.05, 4.69) is 34.4 Å². The maximum absolute atomic E-state index is 5.38. The normalized spacial score (nSPS) is 20.7. The quantitative estimate of drug-likeness (QED) is 0.375. The van der Waals surface area contributed by atoms with Crippen LogP contribution in [0.2, 0.25) is 0 Å². The number of guanidine groups is 1. The van der Waals surface area contributed by atoms with Gasteiger partial charge in [0.15, 0.2) is 5.96 Å². The van der Waals surface area contributed by atoms with E-state index >= 15 is 0 Å². The van der Waals surface area contributed by atoms with Crippen LogP contribution in [0.5, 0.6) is 0 Å². The van der Waals surface area contributed by atoms with Gasteiger partial charge in [0.1, 0.15) is 0 Å². The van der Waals surface area contributed by atoms with Gasteiger partial charge < -0.3 is 20.3 Å². The molecule has 0 unspecified atom stereocenters. The number of nitrogens with zero attached hydrogens (tertiary/aromatic N) is 3. The molecule has 1 heterocycles. The lowest BCUT2D eigenvalue weighted by molar-refractivity contribution is 0.0377. The highest BCUT2D eigenvalue weighted by molar-refractivity contribution is 5.79. The molecule has 0 bridgehead atoms. The first kappa shape index (κ1) is 19.5. The second kappa shape index (κ2) is 11.7. The summed E-state index contributed by atoms with van der Waals surface area (Å²) >= 11 is 0. The van der Waals surface area contributed by atoms with E-state index in [9.17, 15) is 0 Å². The third-order valence-corrected chi connectivity index (χ3v) is 5.06. The van der Waals surface area contributed by atoms with Crippen LogP contribution in [0, 0.1) is 0 Å². The molecule has 140 valence electrons. The van der Waals surface area contributed by atoms with Crippen LogP contribution in [-0.4, -0.2) is 87.9 Å². The Kier molecular flexibility index (Phi) is 9.46.